The molecule has 0 aliphatic carbocycles. The van der Waals surface area contributed by atoms with Crippen molar-refractivity contribution in [2.75, 3.05) is 6.61 Å². The van der Waals surface area contributed by atoms with E-state index in [0.717, 1.165) is 5.56 Å². The molecule has 0 aliphatic rings. The van der Waals surface area contributed by atoms with E-state index >= 15 is 0 Å². The van der Waals surface area contributed by atoms with Crippen LogP contribution in [-0.4, -0.2) is 19.2 Å². The largest absolute Gasteiger partial charge is 0.490 e. The number of carbonyl (C=O) groups excluding carboxylic acids is 1. The van der Waals surface area contributed by atoms with E-state index in [1.807, 2.05) is 0 Å². The summed E-state index contributed by atoms with van der Waals surface area (Å²) in [4.78, 5) is 11.7. The number of carbonyl (C=O) groups is 1. The molecule has 2 N–H and O–H groups in total. The Balaban J connectivity index is 1.89. The van der Waals surface area contributed by atoms with E-state index in [1.54, 1.807) is 25.1 Å². The number of furan rings is 1. The molecule has 0 bridgehead atoms. The highest BCUT2D eigenvalue weighted by molar-refractivity contribution is 5.73. The summed E-state index contributed by atoms with van der Waals surface area (Å²) in [6, 6.07) is 5.91. The molecule has 0 atom stereocenters. The van der Waals surface area contributed by atoms with Crippen molar-refractivity contribution in [1.29, 1.82) is 0 Å². The minimum Gasteiger partial charge on any atom is -0.490 e. The van der Waals surface area contributed by atoms with Gasteiger partial charge in [0.15, 0.2) is 11.5 Å². The molecule has 24 heavy (non-hydrogen) atoms. The van der Waals surface area contributed by atoms with E-state index in [4.69, 9.17) is 9.15 Å². The quantitative estimate of drug-likeness (QED) is 0.773. The predicted molar refractivity (Wildman–Crippen MR) is 82.0 cm³/mol. The molecular formula is C16H18F2N2O4. The molecule has 1 aromatic heterocycles. The van der Waals surface area contributed by atoms with E-state index in [2.05, 4.69) is 15.4 Å². The van der Waals surface area contributed by atoms with Gasteiger partial charge < -0.3 is 24.5 Å². The molecule has 8 heteroatoms. The molecule has 130 valence electrons. The molecule has 0 aliphatic heterocycles. The Morgan fingerprint density at radius 2 is 1.92 bits per heavy atom. The van der Waals surface area contributed by atoms with Gasteiger partial charge in [-0.25, -0.2) is 4.79 Å². The standard InChI is InChI=1S/C16H18F2N2O4/c1-2-23-14-7-11(3-4-13(14)24-15(17)18)8-19-16(21)20-9-12-5-6-22-10-12/h3-7,10,15H,2,8-9H2,1H3,(H2,19,20,21). The third-order valence-corrected chi connectivity index (χ3v) is 3.01. The van der Waals surface area contributed by atoms with Gasteiger partial charge in [-0.2, -0.15) is 8.78 Å². The summed E-state index contributed by atoms with van der Waals surface area (Å²) < 4.78 is 39.3. The zero-order chi connectivity index (χ0) is 17.4. The molecule has 1 heterocycles. The van der Waals surface area contributed by atoms with Crippen LogP contribution < -0.4 is 20.1 Å². The first-order valence-corrected chi connectivity index (χ1v) is 7.31. The summed E-state index contributed by atoms with van der Waals surface area (Å²) in [5.74, 6) is 0.163. The van der Waals surface area contributed by atoms with Crippen LogP contribution in [0.15, 0.2) is 41.2 Å². The van der Waals surface area contributed by atoms with Crippen molar-refractivity contribution in [3.8, 4) is 11.5 Å². The van der Waals surface area contributed by atoms with Crippen LogP contribution in [0.4, 0.5) is 13.6 Å². The first kappa shape index (κ1) is 17.6. The second kappa shape index (κ2) is 8.76. The Morgan fingerprint density at radius 1 is 1.17 bits per heavy atom. The highest BCUT2D eigenvalue weighted by Crippen LogP contribution is 2.29. The van der Waals surface area contributed by atoms with Crippen molar-refractivity contribution in [2.24, 2.45) is 0 Å². The average molecular weight is 340 g/mol. The Kier molecular flexibility index (Phi) is 6.41. The average Bonchev–Trinajstić information content (AvgIpc) is 3.06. The van der Waals surface area contributed by atoms with Crippen molar-refractivity contribution < 1.29 is 27.5 Å². The minimum atomic E-state index is -2.93. The molecule has 2 aromatic rings. The smallest absolute Gasteiger partial charge is 0.387 e. The number of rotatable bonds is 8. The van der Waals surface area contributed by atoms with Crippen LogP contribution in [0.25, 0.3) is 0 Å². The zero-order valence-corrected chi connectivity index (χ0v) is 13.1. The summed E-state index contributed by atoms with van der Waals surface area (Å²) in [5, 5.41) is 5.33. The molecule has 0 spiro atoms. The van der Waals surface area contributed by atoms with Crippen molar-refractivity contribution in [2.45, 2.75) is 26.6 Å². The van der Waals surface area contributed by atoms with Crippen LogP contribution in [0.2, 0.25) is 0 Å². The van der Waals surface area contributed by atoms with Crippen molar-refractivity contribution in [3.63, 3.8) is 0 Å². The molecule has 0 radical (unpaired) electrons. The lowest BCUT2D eigenvalue weighted by molar-refractivity contribution is -0.0514. The summed E-state index contributed by atoms with van der Waals surface area (Å²) in [6.07, 6.45) is 3.06. The number of amides is 2. The first-order chi connectivity index (χ1) is 11.6. The second-order valence-corrected chi connectivity index (χ2v) is 4.76. The van der Waals surface area contributed by atoms with Gasteiger partial charge in [-0.15, -0.1) is 0 Å². The second-order valence-electron chi connectivity index (χ2n) is 4.76. The van der Waals surface area contributed by atoms with Crippen LogP contribution in [-0.2, 0) is 13.1 Å². The van der Waals surface area contributed by atoms with E-state index in [9.17, 15) is 13.6 Å². The Labute approximate surface area is 137 Å². The summed E-state index contributed by atoms with van der Waals surface area (Å²) >= 11 is 0. The Morgan fingerprint density at radius 3 is 2.54 bits per heavy atom. The van der Waals surface area contributed by atoms with E-state index in [0.29, 0.717) is 18.7 Å². The summed E-state index contributed by atoms with van der Waals surface area (Å²) in [5.41, 5.74) is 1.54. The predicted octanol–water partition coefficient (Wildman–Crippen LogP) is 3.28. The molecule has 6 nitrogen and oxygen atoms in total. The molecule has 1 aromatic carbocycles. The van der Waals surface area contributed by atoms with Gasteiger partial charge in [-0.1, -0.05) is 6.07 Å². The fraction of sp³-hybridized carbons (Fsp3) is 0.312. The van der Waals surface area contributed by atoms with Gasteiger partial charge in [0.1, 0.15) is 0 Å². The third kappa shape index (κ3) is 5.45. The first-order valence-electron chi connectivity index (χ1n) is 7.31. The van der Waals surface area contributed by atoms with Crippen LogP contribution in [0.5, 0.6) is 11.5 Å². The molecular weight excluding hydrogens is 322 g/mol. The van der Waals surface area contributed by atoms with Crippen molar-refractivity contribution in [3.05, 3.63) is 47.9 Å². The van der Waals surface area contributed by atoms with Crippen LogP contribution in [0.3, 0.4) is 0 Å². The lowest BCUT2D eigenvalue weighted by Gasteiger charge is -2.13. The molecule has 2 amide bonds. The van der Waals surface area contributed by atoms with Gasteiger partial charge in [0.25, 0.3) is 0 Å². The zero-order valence-electron chi connectivity index (χ0n) is 13.1. The lowest BCUT2D eigenvalue weighted by Crippen LogP contribution is -2.34. The maximum Gasteiger partial charge on any atom is 0.387 e. The van der Waals surface area contributed by atoms with Gasteiger partial charge in [-0.05, 0) is 30.7 Å². The molecule has 0 unspecified atom stereocenters. The van der Waals surface area contributed by atoms with Gasteiger partial charge in [0, 0.05) is 18.7 Å². The molecule has 0 fully saturated rings. The Bertz CT molecular complexity index is 648. The number of nitrogens with one attached hydrogen (secondary N) is 2. The van der Waals surface area contributed by atoms with Crippen molar-refractivity contribution >= 4 is 6.03 Å². The van der Waals surface area contributed by atoms with Crippen LogP contribution >= 0.6 is 0 Å². The molecule has 0 saturated carbocycles. The number of hydrogen-bond donors (Lipinski definition) is 2. The fourth-order valence-electron chi connectivity index (χ4n) is 1.94. The highest BCUT2D eigenvalue weighted by atomic mass is 19.3. The fourth-order valence-corrected chi connectivity index (χ4v) is 1.94. The SMILES string of the molecule is CCOc1cc(CNC(=O)NCc2ccoc2)ccc1OC(F)F. The van der Waals surface area contributed by atoms with Gasteiger partial charge in [-0.3, -0.25) is 0 Å². The maximum atomic E-state index is 12.3. The topological polar surface area (TPSA) is 72.7 Å². The molecule has 0 saturated heterocycles. The lowest BCUT2D eigenvalue weighted by atomic mass is 10.2. The summed E-state index contributed by atoms with van der Waals surface area (Å²) in [7, 11) is 0. The van der Waals surface area contributed by atoms with Crippen molar-refractivity contribution in [1.82, 2.24) is 10.6 Å². The number of benzene rings is 1. The van der Waals surface area contributed by atoms with E-state index < -0.39 is 6.61 Å². The van der Waals surface area contributed by atoms with Crippen LogP contribution in [0, 0.1) is 0 Å². The number of hydrogen-bond acceptors (Lipinski definition) is 4. The van der Waals surface area contributed by atoms with Crippen LogP contribution in [0.1, 0.15) is 18.1 Å². The highest BCUT2D eigenvalue weighted by Gasteiger charge is 2.12. The maximum absolute atomic E-state index is 12.3. The van der Waals surface area contributed by atoms with Gasteiger partial charge in [0.05, 0.1) is 19.1 Å². The normalized spacial score (nSPS) is 10.5. The Hall–Kier alpha value is -2.77. The minimum absolute atomic E-state index is 0.0417. The number of ether oxygens (including phenoxy) is 2. The number of urea groups is 1. The molecule has 2 rings (SSSR count). The van der Waals surface area contributed by atoms with Gasteiger partial charge in [0.2, 0.25) is 0 Å². The van der Waals surface area contributed by atoms with Gasteiger partial charge >= 0.3 is 12.6 Å². The van der Waals surface area contributed by atoms with E-state index in [-0.39, 0.29) is 24.1 Å². The number of halogens is 2. The monoisotopic (exact) mass is 340 g/mol. The third-order valence-electron chi connectivity index (χ3n) is 3.01. The number of alkyl halides is 2. The summed E-state index contributed by atoms with van der Waals surface area (Å²) in [6.45, 7) is -0.330. The van der Waals surface area contributed by atoms with E-state index in [1.165, 1.54) is 18.6 Å².